The minimum absolute atomic E-state index is 0.234. The van der Waals surface area contributed by atoms with Crippen molar-refractivity contribution in [2.45, 2.75) is 5.60 Å². The van der Waals surface area contributed by atoms with Crippen molar-refractivity contribution in [2.24, 2.45) is 0 Å². The van der Waals surface area contributed by atoms with E-state index in [-0.39, 0.29) is 10.5 Å². The SMILES string of the molecule is CO[Si](C#CC(C#C[Si](OC)(OC)OC)(C#C[Si](OC)(OC)OC)O[SiH3])(OC)OC. The van der Waals surface area contributed by atoms with E-state index in [0.717, 1.165) is 0 Å². The monoisotopic (exact) mass is 494 g/mol. The first kappa shape index (κ1) is 29.1. The lowest BCUT2D eigenvalue weighted by atomic mass is 10.1. The van der Waals surface area contributed by atoms with Gasteiger partial charge in [0.1, 0.15) is 0 Å². The van der Waals surface area contributed by atoms with Crippen molar-refractivity contribution in [3.63, 3.8) is 0 Å². The second kappa shape index (κ2) is 13.5. The smallest absolute Gasteiger partial charge is 0.394 e. The first-order valence-corrected chi connectivity index (χ1v) is 14.4. The van der Waals surface area contributed by atoms with E-state index >= 15 is 0 Å². The van der Waals surface area contributed by atoms with Gasteiger partial charge in [0, 0.05) is 64.0 Å². The minimum Gasteiger partial charge on any atom is -0.394 e. The predicted molar refractivity (Wildman–Crippen MR) is 117 cm³/mol. The molecule has 0 radical (unpaired) electrons. The molecule has 0 aromatic rings. The molecule has 0 spiro atoms. The van der Waals surface area contributed by atoms with Crippen molar-refractivity contribution in [1.82, 2.24) is 0 Å². The summed E-state index contributed by atoms with van der Waals surface area (Å²) in [6.45, 7) is 0. The zero-order chi connectivity index (χ0) is 23.3. The summed E-state index contributed by atoms with van der Waals surface area (Å²) in [6.07, 6.45) is 0. The van der Waals surface area contributed by atoms with Gasteiger partial charge in [-0.05, 0) is 34.4 Å². The average molecular weight is 495 g/mol. The van der Waals surface area contributed by atoms with Gasteiger partial charge in [-0.2, -0.15) is 0 Å². The van der Waals surface area contributed by atoms with Crippen LogP contribution >= 0.6 is 0 Å². The van der Waals surface area contributed by atoms with Crippen LogP contribution < -0.4 is 0 Å². The normalized spacial score (nSPS) is 12.3. The molecule has 0 saturated heterocycles. The molecule has 30 heavy (non-hydrogen) atoms. The first-order chi connectivity index (χ1) is 14.2. The Bertz CT molecular complexity index is 585. The van der Waals surface area contributed by atoms with Crippen LogP contribution in [0.2, 0.25) is 0 Å². The molecule has 0 aromatic carbocycles. The Morgan fingerprint density at radius 3 is 0.800 bits per heavy atom. The molecule has 0 atom stereocenters. The number of hydrogen-bond donors (Lipinski definition) is 0. The van der Waals surface area contributed by atoms with Gasteiger partial charge >= 0.3 is 26.4 Å². The third-order valence-electron chi connectivity index (χ3n) is 3.90. The molecule has 0 amide bonds. The summed E-state index contributed by atoms with van der Waals surface area (Å²) in [5.41, 5.74) is 6.98. The van der Waals surface area contributed by atoms with E-state index < -0.39 is 32.0 Å². The van der Waals surface area contributed by atoms with Gasteiger partial charge in [-0.15, -0.1) is 0 Å². The molecule has 14 heteroatoms. The zero-order valence-corrected chi connectivity index (χ0v) is 24.1. The van der Waals surface area contributed by atoms with E-state index in [9.17, 15) is 0 Å². The molecule has 0 aromatic heterocycles. The summed E-state index contributed by atoms with van der Waals surface area (Å²) in [5.74, 6) is 8.64. The lowest BCUT2D eigenvalue weighted by molar-refractivity contribution is 0.141. The highest BCUT2D eigenvalue weighted by Gasteiger charge is 2.41. The highest BCUT2D eigenvalue weighted by molar-refractivity contribution is 6.70. The molecule has 0 unspecified atom stereocenters. The van der Waals surface area contributed by atoms with Crippen molar-refractivity contribution in [3.05, 3.63) is 0 Å². The highest BCUT2D eigenvalue weighted by atomic mass is 28.4. The third kappa shape index (κ3) is 7.38. The Labute approximate surface area is 185 Å². The van der Waals surface area contributed by atoms with Crippen LogP contribution in [0.1, 0.15) is 0 Å². The van der Waals surface area contributed by atoms with E-state index in [2.05, 4.69) is 34.4 Å². The largest absolute Gasteiger partial charge is 0.590 e. The van der Waals surface area contributed by atoms with Crippen LogP contribution in [0.4, 0.5) is 0 Å². The average Bonchev–Trinajstić information content (AvgIpc) is 2.82. The quantitative estimate of drug-likeness (QED) is 0.258. The maximum atomic E-state index is 5.71. The molecule has 0 saturated carbocycles. The van der Waals surface area contributed by atoms with Crippen molar-refractivity contribution in [3.8, 4) is 34.4 Å². The second-order valence-electron chi connectivity index (χ2n) is 5.14. The molecule has 0 aliphatic carbocycles. The van der Waals surface area contributed by atoms with Crippen LogP contribution in [0.5, 0.6) is 0 Å². The third-order valence-corrected chi connectivity index (χ3v) is 10.6. The van der Waals surface area contributed by atoms with Gasteiger partial charge in [-0.3, -0.25) is 0 Å². The molecule has 0 rings (SSSR count). The summed E-state index contributed by atoms with van der Waals surface area (Å²) < 4.78 is 53.8. The lowest BCUT2D eigenvalue weighted by Gasteiger charge is -2.22. The molecule has 0 bridgehead atoms. The molecule has 0 heterocycles. The summed E-state index contributed by atoms with van der Waals surface area (Å²) in [6, 6.07) is 0. The lowest BCUT2D eigenvalue weighted by Crippen LogP contribution is -2.44. The van der Waals surface area contributed by atoms with E-state index in [1.54, 1.807) is 0 Å². The Kier molecular flexibility index (Phi) is 13.2. The fourth-order valence-electron chi connectivity index (χ4n) is 1.95. The van der Waals surface area contributed by atoms with E-state index in [1.165, 1.54) is 64.0 Å². The summed E-state index contributed by atoms with van der Waals surface area (Å²) in [5, 5.41) is 0. The molecule has 0 aliphatic heterocycles. The predicted octanol–water partition coefficient (Wildman–Crippen LogP) is -1.72. The van der Waals surface area contributed by atoms with Crippen molar-refractivity contribution in [1.29, 1.82) is 0 Å². The van der Waals surface area contributed by atoms with Crippen LogP contribution in [0, 0.1) is 34.4 Å². The van der Waals surface area contributed by atoms with Gasteiger partial charge in [0.15, 0.2) is 10.5 Å². The van der Waals surface area contributed by atoms with Gasteiger partial charge in [0.25, 0.3) is 0 Å². The summed E-state index contributed by atoms with van der Waals surface area (Å²) >= 11 is 0. The Hall–Kier alpha value is -0.852. The van der Waals surface area contributed by atoms with Gasteiger partial charge < -0.3 is 44.3 Å². The van der Waals surface area contributed by atoms with Crippen molar-refractivity contribution >= 4 is 36.9 Å². The molecular weight excluding hydrogens is 465 g/mol. The number of hydrogen-bond acceptors (Lipinski definition) is 10. The summed E-state index contributed by atoms with van der Waals surface area (Å²) in [7, 11) is 3.35. The first-order valence-electron chi connectivity index (χ1n) is 8.37. The zero-order valence-electron chi connectivity index (χ0n) is 19.1. The van der Waals surface area contributed by atoms with Crippen LogP contribution in [0.25, 0.3) is 0 Å². The molecule has 170 valence electrons. The topological polar surface area (TPSA) is 92.3 Å². The van der Waals surface area contributed by atoms with Gasteiger partial charge in [0.05, 0.1) is 0 Å². The van der Waals surface area contributed by atoms with Crippen LogP contribution in [-0.2, 0) is 44.3 Å². The maximum absolute atomic E-state index is 5.71. The van der Waals surface area contributed by atoms with Crippen LogP contribution in [0.3, 0.4) is 0 Å². The van der Waals surface area contributed by atoms with E-state index in [1.807, 2.05) is 0 Å². The fourth-order valence-corrected chi connectivity index (χ4v) is 5.66. The Morgan fingerprint density at radius 1 is 0.467 bits per heavy atom. The minimum atomic E-state index is -3.27. The highest BCUT2D eigenvalue weighted by Crippen LogP contribution is 2.13. The van der Waals surface area contributed by atoms with Crippen LogP contribution in [0.15, 0.2) is 0 Å². The van der Waals surface area contributed by atoms with Crippen molar-refractivity contribution in [2.75, 3.05) is 64.0 Å². The van der Waals surface area contributed by atoms with E-state index in [4.69, 9.17) is 44.3 Å². The molecule has 0 N–H and O–H groups in total. The Morgan fingerprint density at radius 2 is 0.667 bits per heavy atom. The standard InChI is InChI=1S/C16H30O10Si4/c1-17-28(18-2,19-3)13-10-16(26-27,11-14-29(20-4,21-5)22-6)12-15-30(23-7,24-8)25-9/h1-9,27H3. The maximum Gasteiger partial charge on any atom is 0.590 e. The second-order valence-corrected chi connectivity index (χ2v) is 13.3. The van der Waals surface area contributed by atoms with Gasteiger partial charge in [-0.1, -0.05) is 0 Å². The fraction of sp³-hybridized carbons (Fsp3) is 0.625. The summed E-state index contributed by atoms with van der Waals surface area (Å²) in [4.78, 5) is 0. The van der Waals surface area contributed by atoms with Gasteiger partial charge in [-0.25, -0.2) is 0 Å². The van der Waals surface area contributed by atoms with E-state index in [0.29, 0.717) is 0 Å². The van der Waals surface area contributed by atoms with Crippen molar-refractivity contribution < 1.29 is 44.3 Å². The molecule has 0 fully saturated rings. The molecule has 10 nitrogen and oxygen atoms in total. The molecular formula is C16H30O10Si4. The Balaban J connectivity index is 6.77. The number of rotatable bonds is 10. The molecule has 0 aliphatic rings. The van der Waals surface area contributed by atoms with Crippen LogP contribution in [-0.4, -0.2) is 106 Å². The van der Waals surface area contributed by atoms with Gasteiger partial charge in [0.2, 0.25) is 5.60 Å².